The lowest BCUT2D eigenvalue weighted by atomic mass is 9.59. The van der Waals surface area contributed by atoms with E-state index in [9.17, 15) is 15.2 Å². The lowest BCUT2D eigenvalue weighted by Crippen LogP contribution is -2.59. The second kappa shape index (κ2) is 5.64. The van der Waals surface area contributed by atoms with E-state index in [0.29, 0.717) is 12.2 Å². The van der Waals surface area contributed by atoms with E-state index in [2.05, 4.69) is 0 Å². The Bertz CT molecular complexity index is 506. The van der Waals surface area contributed by atoms with Crippen molar-refractivity contribution < 1.29 is 14.8 Å². The third-order valence-electron chi connectivity index (χ3n) is 5.10. The first-order valence-corrected chi connectivity index (χ1v) is 7.71. The first kappa shape index (κ1) is 14.3. The number of hydrogen-bond donors (Lipinski definition) is 1. The number of aliphatic hydroxyl groups is 1. The van der Waals surface area contributed by atoms with Crippen molar-refractivity contribution in [2.24, 2.45) is 5.41 Å². The van der Waals surface area contributed by atoms with Gasteiger partial charge in [-0.1, -0.05) is 25.7 Å². The van der Waals surface area contributed by atoms with Crippen LogP contribution in [0.3, 0.4) is 0 Å². The van der Waals surface area contributed by atoms with Crippen molar-refractivity contribution in [1.82, 2.24) is 0 Å². The molecule has 0 bridgehead atoms. The zero-order valence-electron chi connectivity index (χ0n) is 12.0. The van der Waals surface area contributed by atoms with E-state index >= 15 is 0 Å². The molecule has 2 fully saturated rings. The van der Waals surface area contributed by atoms with Crippen LogP contribution in [0.2, 0.25) is 0 Å². The summed E-state index contributed by atoms with van der Waals surface area (Å²) in [7, 11) is 0. The molecule has 2 aliphatic rings. The highest BCUT2D eigenvalue weighted by atomic mass is 16.6. The average molecular weight is 291 g/mol. The molecule has 5 nitrogen and oxygen atoms in total. The third-order valence-corrected chi connectivity index (χ3v) is 5.10. The highest BCUT2D eigenvalue weighted by molar-refractivity contribution is 5.36. The topological polar surface area (TPSA) is 72.6 Å². The summed E-state index contributed by atoms with van der Waals surface area (Å²) < 4.78 is 6.02. The van der Waals surface area contributed by atoms with Crippen LogP contribution in [0.15, 0.2) is 24.3 Å². The SMILES string of the molecule is O=[N+]([O-])c1ccc(OC2CC(O)C23CCCCCC3)cc1. The van der Waals surface area contributed by atoms with Gasteiger partial charge in [0.05, 0.1) is 11.0 Å². The van der Waals surface area contributed by atoms with Gasteiger partial charge in [-0.25, -0.2) is 0 Å². The summed E-state index contributed by atoms with van der Waals surface area (Å²) >= 11 is 0. The van der Waals surface area contributed by atoms with Crippen LogP contribution in [-0.4, -0.2) is 22.2 Å². The predicted octanol–water partition coefficient (Wildman–Crippen LogP) is 3.45. The van der Waals surface area contributed by atoms with Crippen LogP contribution >= 0.6 is 0 Å². The number of hydrogen-bond acceptors (Lipinski definition) is 4. The first-order valence-electron chi connectivity index (χ1n) is 7.71. The van der Waals surface area contributed by atoms with Gasteiger partial charge in [0, 0.05) is 24.0 Å². The van der Waals surface area contributed by atoms with E-state index in [1.165, 1.54) is 25.0 Å². The largest absolute Gasteiger partial charge is 0.490 e. The highest BCUT2D eigenvalue weighted by Crippen LogP contribution is 2.52. The lowest BCUT2D eigenvalue weighted by Gasteiger charge is -2.53. The van der Waals surface area contributed by atoms with Gasteiger partial charge in [0.2, 0.25) is 0 Å². The van der Waals surface area contributed by atoms with E-state index < -0.39 is 4.92 Å². The molecule has 1 N–H and O–H groups in total. The Hall–Kier alpha value is -1.62. The smallest absolute Gasteiger partial charge is 0.269 e. The maximum atomic E-state index is 10.7. The fourth-order valence-corrected chi connectivity index (χ4v) is 3.74. The molecule has 0 radical (unpaired) electrons. The minimum absolute atomic E-state index is 0.0343. The minimum atomic E-state index is -0.413. The second-order valence-electron chi connectivity index (χ2n) is 6.26. The lowest BCUT2D eigenvalue weighted by molar-refractivity contribution is -0.384. The predicted molar refractivity (Wildman–Crippen MR) is 78.3 cm³/mol. The van der Waals surface area contributed by atoms with Gasteiger partial charge in [-0.3, -0.25) is 10.1 Å². The Morgan fingerprint density at radius 1 is 1.14 bits per heavy atom. The number of nitrogens with zero attached hydrogens (tertiary/aromatic N) is 1. The van der Waals surface area contributed by atoms with Gasteiger partial charge in [0.1, 0.15) is 11.9 Å². The molecule has 1 spiro atoms. The van der Waals surface area contributed by atoms with Gasteiger partial charge in [-0.15, -0.1) is 0 Å². The van der Waals surface area contributed by atoms with Crippen molar-refractivity contribution in [3.05, 3.63) is 34.4 Å². The van der Waals surface area contributed by atoms with Crippen LogP contribution in [0.1, 0.15) is 44.9 Å². The molecular formula is C16H21NO4. The number of benzene rings is 1. The zero-order chi connectivity index (χ0) is 14.9. The van der Waals surface area contributed by atoms with E-state index in [0.717, 1.165) is 25.7 Å². The highest BCUT2D eigenvalue weighted by Gasteiger charge is 2.55. The Kier molecular flexibility index (Phi) is 3.85. The fraction of sp³-hybridized carbons (Fsp3) is 0.625. The Morgan fingerprint density at radius 2 is 1.76 bits per heavy atom. The molecule has 5 heteroatoms. The van der Waals surface area contributed by atoms with E-state index in [1.54, 1.807) is 12.1 Å². The number of ether oxygens (including phenoxy) is 1. The molecule has 2 atom stereocenters. The Labute approximate surface area is 124 Å². The van der Waals surface area contributed by atoms with Crippen LogP contribution in [0, 0.1) is 15.5 Å². The number of rotatable bonds is 3. The van der Waals surface area contributed by atoms with E-state index in [1.807, 2.05) is 0 Å². The number of aliphatic hydroxyl groups excluding tert-OH is 1. The summed E-state index contributed by atoms with van der Waals surface area (Å²) in [4.78, 5) is 10.2. The van der Waals surface area contributed by atoms with Crippen LogP contribution in [0.5, 0.6) is 5.75 Å². The Morgan fingerprint density at radius 3 is 2.29 bits per heavy atom. The number of nitro groups is 1. The van der Waals surface area contributed by atoms with Crippen molar-refractivity contribution in [2.45, 2.75) is 57.2 Å². The summed E-state index contributed by atoms with van der Waals surface area (Å²) in [5.74, 6) is 0.654. The van der Waals surface area contributed by atoms with Crippen LogP contribution < -0.4 is 4.74 Å². The molecule has 2 saturated carbocycles. The second-order valence-corrected chi connectivity index (χ2v) is 6.26. The van der Waals surface area contributed by atoms with Crippen molar-refractivity contribution in [1.29, 1.82) is 0 Å². The number of non-ortho nitro benzene ring substituents is 1. The quantitative estimate of drug-likeness (QED) is 0.684. The molecule has 2 aliphatic carbocycles. The molecule has 1 aromatic rings. The molecule has 1 aromatic carbocycles. The van der Waals surface area contributed by atoms with Gasteiger partial charge in [-0.05, 0) is 25.0 Å². The molecule has 21 heavy (non-hydrogen) atoms. The van der Waals surface area contributed by atoms with Gasteiger partial charge < -0.3 is 9.84 Å². The maximum absolute atomic E-state index is 10.7. The minimum Gasteiger partial charge on any atom is -0.490 e. The summed E-state index contributed by atoms with van der Waals surface area (Å²) in [6.07, 6.45) is 7.24. The molecule has 0 aromatic heterocycles. The van der Waals surface area contributed by atoms with Gasteiger partial charge in [0.25, 0.3) is 5.69 Å². The number of nitro benzene ring substituents is 1. The standard InChI is InChI=1S/C16H21NO4/c18-14-11-15(16(14)9-3-1-2-4-10-16)21-13-7-5-12(6-8-13)17(19)20/h5-8,14-15,18H,1-4,9-11H2. The summed E-state index contributed by atoms with van der Waals surface area (Å²) in [5.41, 5.74) is -0.0293. The molecule has 0 heterocycles. The molecule has 0 amide bonds. The summed E-state index contributed by atoms with van der Waals surface area (Å²) in [5, 5.41) is 20.9. The molecule has 0 saturated heterocycles. The van der Waals surface area contributed by atoms with Gasteiger partial charge in [-0.2, -0.15) is 0 Å². The van der Waals surface area contributed by atoms with Gasteiger partial charge in [0.15, 0.2) is 0 Å². The third kappa shape index (κ3) is 2.62. The summed E-state index contributed by atoms with van der Waals surface area (Å²) in [6.45, 7) is 0. The Balaban J connectivity index is 1.70. The zero-order valence-corrected chi connectivity index (χ0v) is 12.0. The van der Waals surface area contributed by atoms with E-state index in [-0.39, 0.29) is 23.3 Å². The van der Waals surface area contributed by atoms with Crippen molar-refractivity contribution in [2.75, 3.05) is 0 Å². The van der Waals surface area contributed by atoms with Crippen molar-refractivity contribution in [3.63, 3.8) is 0 Å². The van der Waals surface area contributed by atoms with Crippen LogP contribution in [-0.2, 0) is 0 Å². The molecule has 2 unspecified atom stereocenters. The monoisotopic (exact) mass is 291 g/mol. The van der Waals surface area contributed by atoms with Gasteiger partial charge >= 0.3 is 0 Å². The van der Waals surface area contributed by atoms with Crippen molar-refractivity contribution >= 4 is 5.69 Å². The fourth-order valence-electron chi connectivity index (χ4n) is 3.74. The first-order chi connectivity index (χ1) is 10.1. The molecule has 0 aliphatic heterocycles. The maximum Gasteiger partial charge on any atom is 0.269 e. The molecular weight excluding hydrogens is 270 g/mol. The van der Waals surface area contributed by atoms with E-state index in [4.69, 9.17) is 4.74 Å². The van der Waals surface area contributed by atoms with Crippen LogP contribution in [0.4, 0.5) is 5.69 Å². The summed E-state index contributed by atoms with van der Waals surface area (Å²) in [6, 6.07) is 6.22. The van der Waals surface area contributed by atoms with Crippen LogP contribution in [0.25, 0.3) is 0 Å². The average Bonchev–Trinajstić information content (AvgIpc) is 2.75. The molecule has 3 rings (SSSR count). The van der Waals surface area contributed by atoms with Crippen molar-refractivity contribution in [3.8, 4) is 5.75 Å². The normalized spacial score (nSPS) is 27.7. The molecule has 114 valence electrons.